The molecular formula is C9H11BrO3. The molecule has 4 heteroatoms. The molecule has 3 nitrogen and oxygen atoms in total. The van der Waals surface area contributed by atoms with Gasteiger partial charge in [-0.25, -0.2) is 0 Å². The van der Waals surface area contributed by atoms with Crippen LogP contribution in [-0.2, 0) is 0 Å². The lowest BCUT2D eigenvalue weighted by atomic mass is 10.2. The fourth-order valence-corrected chi connectivity index (χ4v) is 1.31. The first-order valence-electron chi connectivity index (χ1n) is 3.93. The van der Waals surface area contributed by atoms with Gasteiger partial charge in [0.05, 0.1) is 11.1 Å². The summed E-state index contributed by atoms with van der Waals surface area (Å²) in [7, 11) is 0. The summed E-state index contributed by atoms with van der Waals surface area (Å²) in [5.74, 6) is 0.619. The summed E-state index contributed by atoms with van der Waals surface area (Å²) in [5, 5.41) is 17.8. The highest BCUT2D eigenvalue weighted by Gasteiger charge is 2.06. The van der Waals surface area contributed by atoms with Crippen molar-refractivity contribution in [1.82, 2.24) is 0 Å². The normalized spacial score (nSPS) is 10.5. The summed E-state index contributed by atoms with van der Waals surface area (Å²) < 4.78 is 6.06. The Morgan fingerprint density at radius 2 is 2.15 bits per heavy atom. The molecule has 0 aliphatic heterocycles. The van der Waals surface area contributed by atoms with E-state index in [1.54, 1.807) is 18.2 Å². The smallest absolute Gasteiger partial charge is 0.178 e. The van der Waals surface area contributed by atoms with Crippen LogP contribution in [0, 0.1) is 0 Å². The van der Waals surface area contributed by atoms with Gasteiger partial charge in [-0.3, -0.25) is 0 Å². The van der Waals surface area contributed by atoms with Crippen LogP contribution >= 0.6 is 15.9 Å². The number of benzene rings is 1. The standard InChI is InChI=1S/C9H11BrO3/c1-2-13-8-5-6(9(11)12)3-4-7(8)10/h3-5,9,11-12H,2H2,1H3. The van der Waals surface area contributed by atoms with Crippen LogP contribution in [0.3, 0.4) is 0 Å². The molecule has 0 atom stereocenters. The van der Waals surface area contributed by atoms with Crippen molar-refractivity contribution in [1.29, 1.82) is 0 Å². The molecular weight excluding hydrogens is 236 g/mol. The van der Waals surface area contributed by atoms with Gasteiger partial charge >= 0.3 is 0 Å². The summed E-state index contributed by atoms with van der Waals surface area (Å²) in [4.78, 5) is 0. The lowest BCUT2D eigenvalue weighted by molar-refractivity contribution is -0.0426. The number of hydrogen-bond donors (Lipinski definition) is 2. The molecule has 0 amide bonds. The van der Waals surface area contributed by atoms with Gasteiger partial charge in [0.2, 0.25) is 0 Å². The average molecular weight is 247 g/mol. The van der Waals surface area contributed by atoms with Crippen LogP contribution in [0.2, 0.25) is 0 Å². The Labute approximate surface area is 85.1 Å². The third-order valence-electron chi connectivity index (χ3n) is 1.55. The molecule has 0 bridgehead atoms. The predicted octanol–water partition coefficient (Wildman–Crippen LogP) is 1.83. The zero-order valence-electron chi connectivity index (χ0n) is 7.20. The van der Waals surface area contributed by atoms with Crippen LogP contribution in [-0.4, -0.2) is 16.8 Å². The highest BCUT2D eigenvalue weighted by molar-refractivity contribution is 9.10. The first kappa shape index (κ1) is 10.5. The molecule has 0 spiro atoms. The molecule has 0 aliphatic rings. The topological polar surface area (TPSA) is 49.7 Å². The molecule has 0 unspecified atom stereocenters. The van der Waals surface area contributed by atoms with E-state index in [1.165, 1.54) is 0 Å². The molecule has 72 valence electrons. The first-order chi connectivity index (χ1) is 6.15. The average Bonchev–Trinajstić information content (AvgIpc) is 2.08. The van der Waals surface area contributed by atoms with Crippen molar-refractivity contribution < 1.29 is 14.9 Å². The van der Waals surface area contributed by atoms with E-state index in [9.17, 15) is 0 Å². The van der Waals surface area contributed by atoms with Crippen molar-refractivity contribution in [3.05, 3.63) is 28.2 Å². The minimum Gasteiger partial charge on any atom is -0.493 e. The molecule has 1 aromatic carbocycles. The second kappa shape index (κ2) is 4.60. The van der Waals surface area contributed by atoms with E-state index in [4.69, 9.17) is 14.9 Å². The van der Waals surface area contributed by atoms with Gasteiger partial charge in [-0.2, -0.15) is 0 Å². The molecule has 1 aromatic rings. The number of aliphatic hydroxyl groups excluding tert-OH is 1. The van der Waals surface area contributed by atoms with Crippen LogP contribution in [0.25, 0.3) is 0 Å². The third-order valence-corrected chi connectivity index (χ3v) is 2.21. The zero-order valence-corrected chi connectivity index (χ0v) is 8.78. The number of hydrogen-bond acceptors (Lipinski definition) is 3. The van der Waals surface area contributed by atoms with E-state index in [-0.39, 0.29) is 0 Å². The Kier molecular flexibility index (Phi) is 3.71. The van der Waals surface area contributed by atoms with Crippen molar-refractivity contribution in [2.75, 3.05) is 6.61 Å². The number of halogens is 1. The van der Waals surface area contributed by atoms with Crippen molar-refractivity contribution in [3.8, 4) is 5.75 Å². The first-order valence-corrected chi connectivity index (χ1v) is 4.72. The molecule has 1 rings (SSSR count). The number of aliphatic hydroxyl groups is 2. The van der Waals surface area contributed by atoms with Crippen LogP contribution in [0.1, 0.15) is 18.8 Å². The van der Waals surface area contributed by atoms with E-state index in [2.05, 4.69) is 15.9 Å². The Morgan fingerprint density at radius 1 is 1.46 bits per heavy atom. The molecule has 0 saturated heterocycles. The second-order valence-electron chi connectivity index (χ2n) is 2.50. The maximum atomic E-state index is 8.89. The fourth-order valence-electron chi connectivity index (χ4n) is 0.947. The van der Waals surface area contributed by atoms with E-state index in [0.717, 1.165) is 4.47 Å². The Morgan fingerprint density at radius 3 is 2.69 bits per heavy atom. The summed E-state index contributed by atoms with van der Waals surface area (Å²) >= 11 is 3.29. The lowest BCUT2D eigenvalue weighted by Crippen LogP contribution is -1.97. The van der Waals surface area contributed by atoms with Crippen molar-refractivity contribution in [2.24, 2.45) is 0 Å². The summed E-state index contributed by atoms with van der Waals surface area (Å²) in [6.45, 7) is 2.41. The van der Waals surface area contributed by atoms with E-state index in [0.29, 0.717) is 17.9 Å². The van der Waals surface area contributed by atoms with Gasteiger partial charge in [0.1, 0.15) is 5.75 Å². The minimum absolute atomic E-state index is 0.423. The Balaban J connectivity index is 2.97. The third kappa shape index (κ3) is 2.69. The minimum atomic E-state index is -1.45. The Hall–Kier alpha value is -0.580. The van der Waals surface area contributed by atoms with Crippen LogP contribution < -0.4 is 4.74 Å². The summed E-state index contributed by atoms with van der Waals surface area (Å²) in [6, 6.07) is 4.94. The van der Waals surface area contributed by atoms with Gasteiger partial charge in [-0.1, -0.05) is 6.07 Å². The molecule has 13 heavy (non-hydrogen) atoms. The maximum absolute atomic E-state index is 8.89. The van der Waals surface area contributed by atoms with Gasteiger partial charge in [-0.05, 0) is 35.0 Å². The van der Waals surface area contributed by atoms with Crippen molar-refractivity contribution in [3.63, 3.8) is 0 Å². The lowest BCUT2D eigenvalue weighted by Gasteiger charge is -2.09. The summed E-state index contributed by atoms with van der Waals surface area (Å²) in [6.07, 6.45) is -1.45. The van der Waals surface area contributed by atoms with Gasteiger partial charge in [0.25, 0.3) is 0 Å². The van der Waals surface area contributed by atoms with Gasteiger partial charge in [0.15, 0.2) is 6.29 Å². The monoisotopic (exact) mass is 246 g/mol. The van der Waals surface area contributed by atoms with Crippen molar-refractivity contribution >= 4 is 15.9 Å². The SMILES string of the molecule is CCOc1cc(C(O)O)ccc1Br. The van der Waals surface area contributed by atoms with E-state index < -0.39 is 6.29 Å². The Bertz CT molecular complexity index is 286. The van der Waals surface area contributed by atoms with Crippen LogP contribution in [0.5, 0.6) is 5.75 Å². The molecule has 0 fully saturated rings. The number of rotatable bonds is 3. The second-order valence-corrected chi connectivity index (χ2v) is 3.35. The largest absolute Gasteiger partial charge is 0.493 e. The van der Waals surface area contributed by atoms with E-state index in [1.807, 2.05) is 6.92 Å². The molecule has 0 aromatic heterocycles. The van der Waals surface area contributed by atoms with Crippen molar-refractivity contribution in [2.45, 2.75) is 13.2 Å². The maximum Gasteiger partial charge on any atom is 0.178 e. The van der Waals surface area contributed by atoms with E-state index >= 15 is 0 Å². The predicted molar refractivity (Wildman–Crippen MR) is 52.5 cm³/mol. The van der Waals surface area contributed by atoms with Gasteiger partial charge < -0.3 is 14.9 Å². The fraction of sp³-hybridized carbons (Fsp3) is 0.333. The summed E-state index contributed by atoms with van der Waals surface area (Å²) in [5.41, 5.74) is 0.423. The molecule has 0 radical (unpaired) electrons. The van der Waals surface area contributed by atoms with Crippen LogP contribution in [0.4, 0.5) is 0 Å². The van der Waals surface area contributed by atoms with Gasteiger partial charge in [0, 0.05) is 5.56 Å². The molecule has 2 N–H and O–H groups in total. The quantitative estimate of drug-likeness (QED) is 0.801. The van der Waals surface area contributed by atoms with Crippen LogP contribution in [0.15, 0.2) is 22.7 Å². The zero-order chi connectivity index (χ0) is 9.84. The highest BCUT2D eigenvalue weighted by atomic mass is 79.9. The molecule has 0 saturated carbocycles. The van der Waals surface area contributed by atoms with Gasteiger partial charge in [-0.15, -0.1) is 0 Å². The highest BCUT2D eigenvalue weighted by Crippen LogP contribution is 2.27. The molecule has 0 aliphatic carbocycles. The number of ether oxygens (including phenoxy) is 1. The molecule has 0 heterocycles.